The summed E-state index contributed by atoms with van der Waals surface area (Å²) in [6.45, 7) is 3.91. The largest absolute Gasteiger partial charge is 0.353 e. The van der Waals surface area contributed by atoms with Gasteiger partial charge in [0.1, 0.15) is 5.69 Å². The number of carbonyl (C=O) groups excluding carboxylic acids is 2. The molecule has 2 saturated carbocycles. The third-order valence-corrected chi connectivity index (χ3v) is 8.04. The zero-order chi connectivity index (χ0) is 22.8. The van der Waals surface area contributed by atoms with Crippen molar-refractivity contribution in [2.24, 2.45) is 24.8 Å². The SMILES string of the molecule is Cc1c(NC(=O)CSCC(=O)NC(C)C2CC3CCC2C3)c(=O)n(-c2ccccc2)n1C. The van der Waals surface area contributed by atoms with E-state index in [-0.39, 0.29) is 40.6 Å². The number of thioether (sulfide) groups is 1. The molecule has 0 aliphatic heterocycles. The van der Waals surface area contributed by atoms with E-state index in [1.54, 1.807) is 18.7 Å². The molecule has 4 unspecified atom stereocenters. The summed E-state index contributed by atoms with van der Waals surface area (Å²) in [5, 5.41) is 5.87. The highest BCUT2D eigenvalue weighted by molar-refractivity contribution is 8.00. The number of hydrogen-bond acceptors (Lipinski definition) is 4. The smallest absolute Gasteiger partial charge is 0.295 e. The third-order valence-electron chi connectivity index (χ3n) is 7.11. The van der Waals surface area contributed by atoms with E-state index < -0.39 is 0 Å². The number of benzene rings is 1. The summed E-state index contributed by atoms with van der Waals surface area (Å²) in [5.41, 5.74) is 1.41. The van der Waals surface area contributed by atoms with Gasteiger partial charge in [-0.05, 0) is 63.0 Å². The summed E-state index contributed by atoms with van der Waals surface area (Å²) < 4.78 is 3.26. The third kappa shape index (κ3) is 4.65. The van der Waals surface area contributed by atoms with Crippen LogP contribution in [0.3, 0.4) is 0 Å². The van der Waals surface area contributed by atoms with Gasteiger partial charge in [-0.25, -0.2) is 4.68 Å². The molecule has 2 fully saturated rings. The molecule has 32 heavy (non-hydrogen) atoms. The molecule has 0 spiro atoms. The van der Waals surface area contributed by atoms with Crippen LogP contribution in [0.2, 0.25) is 0 Å². The molecule has 172 valence electrons. The van der Waals surface area contributed by atoms with Crippen molar-refractivity contribution in [3.05, 3.63) is 46.4 Å². The fourth-order valence-corrected chi connectivity index (χ4v) is 6.06. The summed E-state index contributed by atoms with van der Waals surface area (Å²) in [6.07, 6.45) is 5.21. The van der Waals surface area contributed by atoms with Crippen LogP contribution in [0, 0.1) is 24.7 Å². The standard InChI is InChI=1S/C24H32N4O3S/c1-15(20-12-17-9-10-18(20)11-17)25-21(29)13-32-14-22(30)26-23-16(2)27(3)28(24(23)31)19-7-5-4-6-8-19/h4-8,15,17-18,20H,9-14H2,1-3H3,(H,25,29)(H,26,30). The predicted molar refractivity (Wildman–Crippen MR) is 128 cm³/mol. The van der Waals surface area contributed by atoms with Gasteiger partial charge in [0.15, 0.2) is 0 Å². The molecule has 2 N–H and O–H groups in total. The van der Waals surface area contributed by atoms with Gasteiger partial charge < -0.3 is 10.6 Å². The fraction of sp³-hybridized carbons (Fsp3) is 0.542. The molecule has 2 aliphatic rings. The number of para-hydroxylation sites is 1. The molecule has 7 nitrogen and oxygen atoms in total. The van der Waals surface area contributed by atoms with Crippen molar-refractivity contribution < 1.29 is 9.59 Å². The average molecular weight is 457 g/mol. The number of amides is 2. The van der Waals surface area contributed by atoms with E-state index in [9.17, 15) is 14.4 Å². The van der Waals surface area contributed by atoms with E-state index in [4.69, 9.17) is 0 Å². The lowest BCUT2D eigenvalue weighted by molar-refractivity contribution is -0.119. The molecule has 1 aromatic carbocycles. The second-order valence-corrected chi connectivity index (χ2v) is 10.2. The van der Waals surface area contributed by atoms with Crippen molar-refractivity contribution in [2.45, 2.75) is 45.6 Å². The Bertz CT molecular complexity index is 1050. The molecule has 2 bridgehead atoms. The van der Waals surface area contributed by atoms with Gasteiger partial charge in [0.2, 0.25) is 11.8 Å². The Morgan fingerprint density at radius 1 is 1.12 bits per heavy atom. The molecule has 1 aromatic heterocycles. The number of nitrogens with one attached hydrogen (secondary N) is 2. The summed E-state index contributed by atoms with van der Waals surface area (Å²) in [5.74, 6) is 2.27. The molecule has 2 aromatic rings. The van der Waals surface area contributed by atoms with Crippen molar-refractivity contribution >= 4 is 29.3 Å². The number of fused-ring (bicyclic) bond motifs is 2. The number of hydrogen-bond donors (Lipinski definition) is 2. The van der Waals surface area contributed by atoms with Gasteiger partial charge in [-0.15, -0.1) is 11.8 Å². The van der Waals surface area contributed by atoms with Gasteiger partial charge in [-0.1, -0.05) is 24.6 Å². The lowest BCUT2D eigenvalue weighted by Gasteiger charge is -2.28. The van der Waals surface area contributed by atoms with Gasteiger partial charge >= 0.3 is 0 Å². The minimum Gasteiger partial charge on any atom is -0.353 e. The van der Waals surface area contributed by atoms with E-state index in [0.29, 0.717) is 11.6 Å². The quantitative estimate of drug-likeness (QED) is 0.639. The summed E-state index contributed by atoms with van der Waals surface area (Å²) in [7, 11) is 1.79. The molecule has 2 aliphatic carbocycles. The van der Waals surface area contributed by atoms with E-state index in [0.717, 1.165) is 17.5 Å². The molecule has 1 heterocycles. The molecule has 8 heteroatoms. The Morgan fingerprint density at radius 2 is 1.84 bits per heavy atom. The van der Waals surface area contributed by atoms with Crippen LogP contribution in [0.4, 0.5) is 5.69 Å². The Kier molecular flexibility index (Phi) is 6.79. The molecule has 0 saturated heterocycles. The first-order valence-electron chi connectivity index (χ1n) is 11.4. The first kappa shape index (κ1) is 22.7. The maximum atomic E-state index is 12.9. The summed E-state index contributed by atoms with van der Waals surface area (Å²) in [4.78, 5) is 37.7. The van der Waals surface area contributed by atoms with Crippen molar-refractivity contribution in [3.8, 4) is 5.69 Å². The molecular weight excluding hydrogens is 424 g/mol. The highest BCUT2D eigenvalue weighted by atomic mass is 32.2. The van der Waals surface area contributed by atoms with Crippen LogP contribution in [0.1, 0.15) is 38.3 Å². The lowest BCUT2D eigenvalue weighted by Crippen LogP contribution is -2.41. The Labute approximate surface area is 192 Å². The highest BCUT2D eigenvalue weighted by Gasteiger charge is 2.42. The van der Waals surface area contributed by atoms with E-state index in [1.165, 1.54) is 42.1 Å². The van der Waals surface area contributed by atoms with Gasteiger partial charge in [0, 0.05) is 13.1 Å². The number of aromatic nitrogens is 2. The number of nitrogens with zero attached hydrogens (tertiary/aromatic N) is 2. The maximum Gasteiger partial charge on any atom is 0.295 e. The van der Waals surface area contributed by atoms with E-state index >= 15 is 0 Å². The van der Waals surface area contributed by atoms with Gasteiger partial charge in [-0.2, -0.15) is 0 Å². The summed E-state index contributed by atoms with van der Waals surface area (Å²) >= 11 is 1.27. The molecule has 0 radical (unpaired) electrons. The van der Waals surface area contributed by atoms with Crippen LogP contribution in [-0.4, -0.2) is 38.7 Å². The predicted octanol–water partition coefficient (Wildman–Crippen LogP) is 3.10. The number of carbonyl (C=O) groups is 2. The zero-order valence-corrected chi connectivity index (χ0v) is 19.8. The van der Waals surface area contributed by atoms with E-state index in [1.807, 2.05) is 30.3 Å². The number of anilines is 1. The fourth-order valence-electron chi connectivity index (χ4n) is 5.43. The second-order valence-electron chi connectivity index (χ2n) is 9.17. The maximum absolute atomic E-state index is 12.9. The van der Waals surface area contributed by atoms with Crippen molar-refractivity contribution in [1.82, 2.24) is 14.7 Å². The summed E-state index contributed by atoms with van der Waals surface area (Å²) in [6, 6.07) is 9.50. The lowest BCUT2D eigenvalue weighted by atomic mass is 9.84. The normalized spacial score (nSPS) is 22.7. The van der Waals surface area contributed by atoms with Gasteiger partial charge in [0.25, 0.3) is 5.56 Å². The molecular formula is C24H32N4O3S. The van der Waals surface area contributed by atoms with Crippen LogP contribution in [0.15, 0.2) is 35.1 Å². The first-order valence-corrected chi connectivity index (χ1v) is 12.5. The molecule has 2 amide bonds. The van der Waals surface area contributed by atoms with Crippen LogP contribution < -0.4 is 16.2 Å². The van der Waals surface area contributed by atoms with Crippen LogP contribution in [-0.2, 0) is 16.6 Å². The van der Waals surface area contributed by atoms with Crippen molar-refractivity contribution in [1.29, 1.82) is 0 Å². The number of rotatable bonds is 8. The van der Waals surface area contributed by atoms with Crippen LogP contribution >= 0.6 is 11.8 Å². The van der Waals surface area contributed by atoms with Gasteiger partial charge in [-0.3, -0.25) is 19.1 Å². The topological polar surface area (TPSA) is 85.1 Å². The van der Waals surface area contributed by atoms with Crippen LogP contribution in [0.5, 0.6) is 0 Å². The monoisotopic (exact) mass is 456 g/mol. The van der Waals surface area contributed by atoms with E-state index in [2.05, 4.69) is 17.6 Å². The minimum absolute atomic E-state index is 0.0274. The van der Waals surface area contributed by atoms with Crippen LogP contribution in [0.25, 0.3) is 5.69 Å². The Morgan fingerprint density at radius 3 is 2.50 bits per heavy atom. The Hall–Kier alpha value is -2.48. The second kappa shape index (κ2) is 9.57. The van der Waals surface area contributed by atoms with Crippen molar-refractivity contribution in [2.75, 3.05) is 16.8 Å². The Balaban J connectivity index is 1.27. The average Bonchev–Trinajstić information content (AvgIpc) is 3.46. The molecule has 4 atom stereocenters. The molecule has 4 rings (SSSR count). The first-order chi connectivity index (χ1) is 15.3. The van der Waals surface area contributed by atoms with Crippen molar-refractivity contribution in [3.63, 3.8) is 0 Å². The highest BCUT2D eigenvalue weighted by Crippen LogP contribution is 2.49. The van der Waals surface area contributed by atoms with Gasteiger partial charge in [0.05, 0.1) is 22.9 Å². The zero-order valence-electron chi connectivity index (χ0n) is 19.0. The minimum atomic E-state index is -0.282.